The molecule has 1 unspecified atom stereocenters. The van der Waals surface area contributed by atoms with E-state index in [0.717, 1.165) is 29.2 Å². The Hall–Kier alpha value is -2.20. The number of ether oxygens (including phenoxy) is 2. The number of aliphatic hydroxyl groups excluding tert-OH is 1. The van der Waals surface area contributed by atoms with Gasteiger partial charge >= 0.3 is 0 Å². The zero-order chi connectivity index (χ0) is 14.5. The lowest BCUT2D eigenvalue weighted by atomic mass is 10.1. The van der Waals surface area contributed by atoms with E-state index in [0.29, 0.717) is 19.8 Å². The highest BCUT2D eigenvalue weighted by Gasteiger charge is 2.11. The minimum Gasteiger partial charge on any atom is -0.490 e. The number of benzene rings is 2. The van der Waals surface area contributed by atoms with Gasteiger partial charge in [0.1, 0.15) is 0 Å². The van der Waals surface area contributed by atoms with Crippen molar-refractivity contribution in [2.75, 3.05) is 25.1 Å². The van der Waals surface area contributed by atoms with E-state index in [-0.39, 0.29) is 0 Å². The van der Waals surface area contributed by atoms with Gasteiger partial charge in [0.25, 0.3) is 0 Å². The first kappa shape index (κ1) is 13.8. The molecule has 1 aliphatic heterocycles. The van der Waals surface area contributed by atoms with Crippen LogP contribution in [0.3, 0.4) is 0 Å². The maximum Gasteiger partial charge on any atom is 0.163 e. The van der Waals surface area contributed by atoms with Crippen LogP contribution >= 0.6 is 0 Å². The topological polar surface area (TPSA) is 50.7 Å². The molecular weight excluding hydrogens is 266 g/mol. The van der Waals surface area contributed by atoms with Gasteiger partial charge in [-0.25, -0.2) is 0 Å². The molecule has 0 radical (unpaired) electrons. The van der Waals surface area contributed by atoms with Gasteiger partial charge in [0, 0.05) is 24.7 Å². The van der Waals surface area contributed by atoms with Crippen LogP contribution in [0.5, 0.6) is 11.5 Å². The molecule has 0 fully saturated rings. The predicted octanol–water partition coefficient (Wildman–Crippen LogP) is 2.99. The Morgan fingerprint density at radius 2 is 1.76 bits per heavy atom. The molecule has 2 N–H and O–H groups in total. The average Bonchev–Trinajstić information content (AvgIpc) is 2.78. The zero-order valence-electron chi connectivity index (χ0n) is 11.8. The van der Waals surface area contributed by atoms with Crippen LogP contribution in [-0.2, 0) is 0 Å². The van der Waals surface area contributed by atoms with Crippen LogP contribution in [0.2, 0.25) is 0 Å². The second-order valence-corrected chi connectivity index (χ2v) is 5.02. The predicted molar refractivity (Wildman–Crippen MR) is 81.9 cm³/mol. The summed E-state index contributed by atoms with van der Waals surface area (Å²) in [5, 5.41) is 13.4. The van der Waals surface area contributed by atoms with Gasteiger partial charge in [0.05, 0.1) is 19.3 Å². The van der Waals surface area contributed by atoms with Gasteiger partial charge in [-0.3, -0.25) is 0 Å². The third kappa shape index (κ3) is 3.47. The lowest BCUT2D eigenvalue weighted by Gasteiger charge is -2.14. The standard InChI is InChI=1S/C17H19NO3/c19-15(13-5-2-1-3-6-13)12-18-14-7-8-16-17(11-14)21-10-4-9-20-16/h1-3,5-8,11,15,18-19H,4,9-10,12H2. The smallest absolute Gasteiger partial charge is 0.163 e. The summed E-state index contributed by atoms with van der Waals surface area (Å²) in [4.78, 5) is 0. The fourth-order valence-corrected chi connectivity index (χ4v) is 2.28. The van der Waals surface area contributed by atoms with Crippen molar-refractivity contribution in [2.45, 2.75) is 12.5 Å². The van der Waals surface area contributed by atoms with E-state index in [2.05, 4.69) is 5.32 Å². The molecule has 3 rings (SSSR count). The third-order valence-electron chi connectivity index (χ3n) is 3.43. The molecule has 21 heavy (non-hydrogen) atoms. The van der Waals surface area contributed by atoms with Crippen LogP contribution in [0, 0.1) is 0 Å². The average molecular weight is 285 g/mol. The number of anilines is 1. The van der Waals surface area contributed by atoms with Gasteiger partial charge in [-0.05, 0) is 17.7 Å². The largest absolute Gasteiger partial charge is 0.490 e. The molecule has 0 spiro atoms. The number of fused-ring (bicyclic) bond motifs is 1. The first-order valence-electron chi connectivity index (χ1n) is 7.19. The fraction of sp³-hybridized carbons (Fsp3) is 0.294. The van der Waals surface area contributed by atoms with E-state index in [1.807, 2.05) is 48.5 Å². The Morgan fingerprint density at radius 3 is 2.57 bits per heavy atom. The molecule has 2 aromatic rings. The fourth-order valence-electron chi connectivity index (χ4n) is 2.28. The second-order valence-electron chi connectivity index (χ2n) is 5.02. The number of aliphatic hydroxyl groups is 1. The first-order chi connectivity index (χ1) is 10.3. The van der Waals surface area contributed by atoms with E-state index >= 15 is 0 Å². The summed E-state index contributed by atoms with van der Waals surface area (Å²) in [6.07, 6.45) is 0.353. The summed E-state index contributed by atoms with van der Waals surface area (Å²) in [5.41, 5.74) is 1.81. The Labute approximate surface area is 124 Å². The quantitative estimate of drug-likeness (QED) is 0.906. The molecule has 0 bridgehead atoms. The van der Waals surface area contributed by atoms with Gasteiger partial charge in [0.15, 0.2) is 11.5 Å². The molecule has 1 atom stereocenters. The lowest BCUT2D eigenvalue weighted by Crippen LogP contribution is -2.12. The van der Waals surface area contributed by atoms with Crippen LogP contribution in [0.25, 0.3) is 0 Å². The van der Waals surface area contributed by atoms with Crippen molar-refractivity contribution in [1.82, 2.24) is 0 Å². The number of rotatable bonds is 4. The SMILES string of the molecule is OC(CNc1ccc2c(c1)OCCCO2)c1ccccc1. The monoisotopic (exact) mass is 285 g/mol. The van der Waals surface area contributed by atoms with E-state index < -0.39 is 6.10 Å². The normalized spacial score (nSPS) is 15.1. The number of hydrogen-bond acceptors (Lipinski definition) is 4. The Balaban J connectivity index is 1.64. The maximum atomic E-state index is 10.1. The van der Waals surface area contributed by atoms with Crippen molar-refractivity contribution in [3.63, 3.8) is 0 Å². The first-order valence-corrected chi connectivity index (χ1v) is 7.19. The molecule has 0 saturated heterocycles. The Morgan fingerprint density at radius 1 is 1.00 bits per heavy atom. The molecule has 0 aliphatic carbocycles. The molecule has 1 heterocycles. The molecule has 0 amide bonds. The summed E-state index contributed by atoms with van der Waals surface area (Å²) in [7, 11) is 0. The molecule has 110 valence electrons. The van der Waals surface area contributed by atoms with Crippen molar-refractivity contribution in [1.29, 1.82) is 0 Å². The Kier molecular flexibility index (Phi) is 4.26. The minimum atomic E-state index is -0.540. The summed E-state index contributed by atoms with van der Waals surface area (Å²) in [6, 6.07) is 15.4. The van der Waals surface area contributed by atoms with Gasteiger partial charge < -0.3 is 19.9 Å². The minimum absolute atomic E-state index is 0.448. The summed E-state index contributed by atoms with van der Waals surface area (Å²) >= 11 is 0. The van der Waals surface area contributed by atoms with E-state index in [4.69, 9.17) is 9.47 Å². The highest BCUT2D eigenvalue weighted by Crippen LogP contribution is 2.32. The summed E-state index contributed by atoms with van der Waals surface area (Å²) in [6.45, 7) is 1.80. The van der Waals surface area contributed by atoms with Crippen molar-refractivity contribution < 1.29 is 14.6 Å². The highest BCUT2D eigenvalue weighted by molar-refractivity contribution is 5.55. The molecule has 4 nitrogen and oxygen atoms in total. The van der Waals surface area contributed by atoms with Crippen LogP contribution in [0.15, 0.2) is 48.5 Å². The molecule has 0 saturated carbocycles. The van der Waals surface area contributed by atoms with Crippen molar-refractivity contribution in [2.24, 2.45) is 0 Å². The molecular formula is C17H19NO3. The molecule has 2 aromatic carbocycles. The number of nitrogens with one attached hydrogen (secondary N) is 1. The van der Waals surface area contributed by atoms with Crippen molar-refractivity contribution in [3.8, 4) is 11.5 Å². The Bertz CT molecular complexity index is 586. The number of hydrogen-bond donors (Lipinski definition) is 2. The van der Waals surface area contributed by atoms with Crippen molar-refractivity contribution >= 4 is 5.69 Å². The van der Waals surface area contributed by atoms with Gasteiger partial charge in [0.2, 0.25) is 0 Å². The molecule has 0 aromatic heterocycles. The summed E-state index contributed by atoms with van der Waals surface area (Å²) < 4.78 is 11.2. The van der Waals surface area contributed by atoms with E-state index in [1.165, 1.54) is 0 Å². The summed E-state index contributed by atoms with van der Waals surface area (Å²) in [5.74, 6) is 1.54. The van der Waals surface area contributed by atoms with Crippen LogP contribution in [0.4, 0.5) is 5.69 Å². The maximum absolute atomic E-state index is 10.1. The zero-order valence-corrected chi connectivity index (χ0v) is 11.8. The second kappa shape index (κ2) is 6.50. The lowest BCUT2D eigenvalue weighted by molar-refractivity contribution is 0.191. The molecule has 4 heteroatoms. The third-order valence-corrected chi connectivity index (χ3v) is 3.43. The highest BCUT2D eigenvalue weighted by atomic mass is 16.5. The van der Waals surface area contributed by atoms with E-state index in [1.54, 1.807) is 0 Å². The van der Waals surface area contributed by atoms with E-state index in [9.17, 15) is 5.11 Å². The van der Waals surface area contributed by atoms with Gasteiger partial charge in [-0.1, -0.05) is 30.3 Å². The van der Waals surface area contributed by atoms with Crippen molar-refractivity contribution in [3.05, 3.63) is 54.1 Å². The van der Waals surface area contributed by atoms with Gasteiger partial charge in [-0.15, -0.1) is 0 Å². The van der Waals surface area contributed by atoms with Gasteiger partial charge in [-0.2, -0.15) is 0 Å². The van der Waals surface area contributed by atoms with Crippen LogP contribution < -0.4 is 14.8 Å². The van der Waals surface area contributed by atoms with Crippen LogP contribution in [-0.4, -0.2) is 24.9 Å². The molecule has 1 aliphatic rings. The van der Waals surface area contributed by atoms with Crippen LogP contribution in [0.1, 0.15) is 18.1 Å².